The summed E-state index contributed by atoms with van der Waals surface area (Å²) in [6.45, 7) is 4.74. The molecule has 310 valence electrons. The lowest BCUT2D eigenvalue weighted by molar-refractivity contribution is -0.149. The number of aliphatic carboxylic acids is 1. The van der Waals surface area contributed by atoms with Crippen LogP contribution in [0.2, 0.25) is 5.02 Å². The first-order valence-electron chi connectivity index (χ1n) is 20.4. The van der Waals surface area contributed by atoms with Crippen molar-refractivity contribution in [2.45, 2.75) is 107 Å². The van der Waals surface area contributed by atoms with Gasteiger partial charge in [0.05, 0.1) is 13.2 Å². The fourth-order valence-corrected chi connectivity index (χ4v) is 10.2. The quantitative estimate of drug-likeness (QED) is 0.146. The van der Waals surface area contributed by atoms with Gasteiger partial charge in [0, 0.05) is 55.0 Å². The van der Waals surface area contributed by atoms with E-state index in [1.165, 1.54) is 17.6 Å². The van der Waals surface area contributed by atoms with Gasteiger partial charge in [0.2, 0.25) is 0 Å². The van der Waals surface area contributed by atoms with E-state index in [-0.39, 0.29) is 36.9 Å². The van der Waals surface area contributed by atoms with Crippen molar-refractivity contribution >= 4 is 23.3 Å². The molecule has 1 fully saturated rings. The van der Waals surface area contributed by atoms with Gasteiger partial charge in [-0.15, -0.1) is 0 Å². The summed E-state index contributed by atoms with van der Waals surface area (Å²) in [5.74, 6) is 1.92. The zero-order valence-electron chi connectivity index (χ0n) is 33.1. The maximum atomic E-state index is 13.5. The molecular weight excluding hydrogens is 759 g/mol. The van der Waals surface area contributed by atoms with E-state index in [2.05, 4.69) is 24.1 Å². The summed E-state index contributed by atoms with van der Waals surface area (Å²) < 4.78 is 65.0. The van der Waals surface area contributed by atoms with Crippen LogP contribution in [0, 0.1) is 11.8 Å². The van der Waals surface area contributed by atoms with Crippen LogP contribution < -0.4 is 19.5 Å². The minimum Gasteiger partial charge on any atom is -0.493 e. The molecule has 0 amide bonds. The Balaban J connectivity index is 1.14. The van der Waals surface area contributed by atoms with Gasteiger partial charge in [0.25, 0.3) is 0 Å². The molecule has 0 saturated heterocycles. The highest BCUT2D eigenvalue weighted by Gasteiger charge is 2.54. The second-order valence-electron chi connectivity index (χ2n) is 16.9. The molecule has 7 rings (SSSR count). The monoisotopic (exact) mass is 813 g/mol. The van der Waals surface area contributed by atoms with Gasteiger partial charge in [-0.1, -0.05) is 31.5 Å². The number of anilines is 1. The number of hydrogen-bond acceptors (Lipinski definition) is 8. The zero-order chi connectivity index (χ0) is 40.4. The van der Waals surface area contributed by atoms with E-state index in [1.807, 2.05) is 30.5 Å². The van der Waals surface area contributed by atoms with E-state index in [9.17, 15) is 23.1 Å². The van der Waals surface area contributed by atoms with Gasteiger partial charge in [-0.05, 0) is 135 Å². The summed E-state index contributed by atoms with van der Waals surface area (Å²) in [5, 5.41) is 14.6. The number of aromatic nitrogens is 1. The maximum absolute atomic E-state index is 13.5. The van der Waals surface area contributed by atoms with Gasteiger partial charge in [-0.2, -0.15) is 13.2 Å². The Morgan fingerprint density at radius 1 is 1.16 bits per heavy atom. The molecule has 2 heterocycles. The molecule has 9 nitrogen and oxygen atoms in total. The molecule has 4 atom stereocenters. The Kier molecular flexibility index (Phi) is 12.5. The number of hydrogen-bond donors (Lipinski definition) is 2. The molecule has 1 spiro atoms. The molecule has 57 heavy (non-hydrogen) atoms. The Hall–Kier alpha value is -3.74. The van der Waals surface area contributed by atoms with Crippen LogP contribution in [0.5, 0.6) is 17.2 Å². The van der Waals surface area contributed by atoms with Crippen molar-refractivity contribution in [2.24, 2.45) is 11.8 Å². The van der Waals surface area contributed by atoms with Crippen LogP contribution in [0.15, 0.2) is 48.7 Å². The number of methoxy groups -OCH3 is 1. The summed E-state index contributed by atoms with van der Waals surface area (Å²) in [7, 11) is 1.53. The predicted octanol–water partition coefficient (Wildman–Crippen LogP) is 9.24. The molecule has 0 bridgehead atoms. The number of alkyl halides is 3. The highest BCUT2D eigenvalue weighted by molar-refractivity contribution is 6.30. The van der Waals surface area contributed by atoms with Crippen LogP contribution >= 0.6 is 11.6 Å². The molecule has 4 aliphatic rings. The second kappa shape index (κ2) is 17.2. The largest absolute Gasteiger partial charge is 0.493 e. The van der Waals surface area contributed by atoms with Crippen molar-refractivity contribution in [1.82, 2.24) is 9.88 Å². The Morgan fingerprint density at radius 3 is 2.70 bits per heavy atom. The van der Waals surface area contributed by atoms with Gasteiger partial charge in [-0.3, -0.25) is 9.88 Å². The van der Waals surface area contributed by atoms with Crippen LogP contribution in [0.1, 0.15) is 93.5 Å². The number of nitrogens with one attached hydrogen (secondary N) is 1. The number of carboxylic acid groups (broad SMARTS) is 1. The molecule has 3 aliphatic carbocycles. The van der Waals surface area contributed by atoms with E-state index in [0.717, 1.165) is 54.7 Å². The number of fused-ring (bicyclic) bond motifs is 4. The normalized spacial score (nSPS) is 25.9. The summed E-state index contributed by atoms with van der Waals surface area (Å²) in [5.41, 5.74) is 3.76. The molecule has 0 radical (unpaired) electrons. The van der Waals surface area contributed by atoms with E-state index < -0.39 is 30.3 Å². The van der Waals surface area contributed by atoms with E-state index in [0.29, 0.717) is 73.4 Å². The molecule has 1 aromatic heterocycles. The fraction of sp³-hybridized carbons (Fsp3) is 0.591. The van der Waals surface area contributed by atoms with E-state index in [1.54, 1.807) is 18.2 Å². The average molecular weight is 814 g/mol. The Labute approximate surface area is 338 Å². The number of pyridine rings is 1. The lowest BCUT2D eigenvalue weighted by atomic mass is 9.59. The molecule has 2 N–H and O–H groups in total. The lowest BCUT2D eigenvalue weighted by Crippen LogP contribution is -2.53. The maximum Gasteiger partial charge on any atom is 0.401 e. The number of carbonyl (C=O) groups is 1. The number of carboxylic acids is 1. The first kappa shape index (κ1) is 41.4. The van der Waals surface area contributed by atoms with Crippen LogP contribution in [0.3, 0.4) is 0 Å². The number of nitrogens with zero attached hydrogens (tertiary/aromatic N) is 2. The molecule has 1 saturated carbocycles. The van der Waals surface area contributed by atoms with E-state index >= 15 is 0 Å². The summed E-state index contributed by atoms with van der Waals surface area (Å²) in [6.07, 6.45) is 4.26. The highest BCUT2D eigenvalue weighted by atomic mass is 35.5. The number of halogens is 4. The molecule has 2 aromatic carbocycles. The van der Waals surface area contributed by atoms with Crippen molar-refractivity contribution in [3.8, 4) is 17.2 Å². The molecule has 13 heteroatoms. The topological polar surface area (TPSA) is 102 Å². The van der Waals surface area contributed by atoms with Crippen molar-refractivity contribution < 1.29 is 42.0 Å². The summed E-state index contributed by atoms with van der Waals surface area (Å²) in [6, 6.07) is 13.2. The van der Waals surface area contributed by atoms with Crippen molar-refractivity contribution in [3.05, 3.63) is 76.1 Å². The van der Waals surface area contributed by atoms with Gasteiger partial charge in [0.1, 0.15) is 24.0 Å². The smallest absolute Gasteiger partial charge is 0.401 e. The van der Waals surface area contributed by atoms with Crippen LogP contribution in [-0.4, -0.2) is 85.3 Å². The third kappa shape index (κ3) is 9.28. The molecular formula is C44H55ClF3N3O6. The summed E-state index contributed by atoms with van der Waals surface area (Å²) in [4.78, 5) is 19.1. The zero-order valence-corrected chi connectivity index (χ0v) is 33.9. The van der Waals surface area contributed by atoms with Crippen LogP contribution in [0.25, 0.3) is 0 Å². The third-order valence-electron chi connectivity index (χ3n) is 12.8. The second-order valence-corrected chi connectivity index (χ2v) is 17.3. The Morgan fingerprint density at radius 2 is 1.96 bits per heavy atom. The van der Waals surface area contributed by atoms with Crippen LogP contribution in [-0.2, 0) is 27.8 Å². The SMILES string of the molecule is COCCCN(CC1COc2cc3c(cc2O1)C1(CCC(Nc2cccc(Cl)c2)(C(=O)O)CC1)C(C[C@@H](C)COc1ccnc2c1[C@H](C)CCC2)C3)CC(F)(F)F. The Bertz CT molecular complexity index is 1890. The van der Waals surface area contributed by atoms with Gasteiger partial charge >= 0.3 is 12.1 Å². The van der Waals surface area contributed by atoms with Crippen LogP contribution in [0.4, 0.5) is 18.9 Å². The van der Waals surface area contributed by atoms with Gasteiger partial charge in [-0.25, -0.2) is 4.79 Å². The number of benzene rings is 2. The van der Waals surface area contributed by atoms with Crippen molar-refractivity contribution in [3.63, 3.8) is 0 Å². The number of rotatable bonds is 15. The average Bonchev–Trinajstić information content (AvgIpc) is 3.44. The fourth-order valence-electron chi connectivity index (χ4n) is 10.0. The molecule has 3 aromatic rings. The van der Waals surface area contributed by atoms with E-state index in [4.69, 9.17) is 30.5 Å². The lowest BCUT2D eigenvalue weighted by Gasteiger charge is -2.47. The minimum atomic E-state index is -4.35. The summed E-state index contributed by atoms with van der Waals surface area (Å²) >= 11 is 6.29. The third-order valence-corrected chi connectivity index (χ3v) is 13.0. The standard InChI is InChI=1S/C44H55ClF3N3O6/c1-28(25-55-37-11-16-49-36-10-4-7-29(2)40(36)37)19-31-20-30-21-38-39(57-34(26-56-38)24-51(17-6-18-54-3)27-44(46,47)48)23-35(30)42(31)12-14-43(15-13-42,41(52)53)50-33-9-5-8-32(45)22-33/h5,8-9,11,16,21-23,28-29,31,34,50H,4,6-7,10,12-15,17-20,24-27H2,1-3H3,(H,52,53)/t28-,29-,31?,34?,42?,43?/m1/s1. The number of ether oxygens (including phenoxy) is 4. The molecule has 1 aliphatic heterocycles. The van der Waals surface area contributed by atoms with Gasteiger partial charge < -0.3 is 29.4 Å². The molecule has 2 unspecified atom stereocenters. The minimum absolute atomic E-state index is 0.0563. The first-order chi connectivity index (χ1) is 27.3. The van der Waals surface area contributed by atoms with Crippen molar-refractivity contribution in [2.75, 3.05) is 51.9 Å². The highest BCUT2D eigenvalue weighted by Crippen LogP contribution is 2.58. The van der Waals surface area contributed by atoms with Gasteiger partial charge in [0.15, 0.2) is 11.5 Å². The van der Waals surface area contributed by atoms with Crippen molar-refractivity contribution in [1.29, 1.82) is 0 Å². The predicted molar refractivity (Wildman–Crippen MR) is 213 cm³/mol. The number of aryl methyl sites for hydroxylation is 1. The first-order valence-corrected chi connectivity index (χ1v) is 20.8.